The van der Waals surface area contributed by atoms with Gasteiger partial charge in [-0.25, -0.2) is 0 Å². The molecule has 1 nitrogen and oxygen atoms in total. The first-order valence-electron chi connectivity index (χ1n) is 7.95. The topological polar surface area (TPSA) is 20.2 Å². The number of phenolic OH excluding ortho intramolecular Hbond substituents is 1. The Balaban J connectivity index is 1.76. The van der Waals surface area contributed by atoms with E-state index in [4.69, 9.17) is 0 Å². The second-order valence-corrected chi connectivity index (χ2v) is 5.74. The Kier molecular flexibility index (Phi) is 5.91. The van der Waals surface area contributed by atoms with Crippen LogP contribution in [0.5, 0.6) is 5.75 Å². The summed E-state index contributed by atoms with van der Waals surface area (Å²) in [6.45, 7) is 2.26. The van der Waals surface area contributed by atoms with Crippen molar-refractivity contribution < 1.29 is 5.11 Å². The summed E-state index contributed by atoms with van der Waals surface area (Å²) >= 11 is 0. The summed E-state index contributed by atoms with van der Waals surface area (Å²) < 4.78 is 0. The summed E-state index contributed by atoms with van der Waals surface area (Å²) in [5.41, 5.74) is 2.79. The predicted octanol–water partition coefficient (Wildman–Crippen LogP) is 5.72. The molecule has 1 atom stereocenters. The molecule has 1 aliphatic carbocycles. The van der Waals surface area contributed by atoms with E-state index in [9.17, 15) is 5.11 Å². The van der Waals surface area contributed by atoms with E-state index < -0.39 is 0 Å². The Hall–Kier alpha value is -1.50. The van der Waals surface area contributed by atoms with E-state index in [2.05, 4.69) is 25.2 Å². The highest BCUT2D eigenvalue weighted by Gasteiger charge is 2.10. The van der Waals surface area contributed by atoms with Crippen molar-refractivity contribution in [1.29, 1.82) is 0 Å². The van der Waals surface area contributed by atoms with Crippen LogP contribution in [0, 0.1) is 0 Å². The van der Waals surface area contributed by atoms with Crippen molar-refractivity contribution in [2.24, 2.45) is 0 Å². The highest BCUT2D eigenvalue weighted by Crippen LogP contribution is 2.29. The van der Waals surface area contributed by atoms with E-state index in [1.54, 1.807) is 12.1 Å². The number of allylic oxidation sites excluding steroid dienone is 4. The zero-order chi connectivity index (χ0) is 14.2. The largest absolute Gasteiger partial charge is 0.508 e. The summed E-state index contributed by atoms with van der Waals surface area (Å²) in [6.07, 6.45) is 16.1. The molecule has 0 radical (unpaired) electrons. The van der Waals surface area contributed by atoms with Crippen LogP contribution in [0.1, 0.15) is 63.4 Å². The lowest BCUT2D eigenvalue weighted by molar-refractivity contribution is 0.475. The Morgan fingerprint density at radius 2 is 1.80 bits per heavy atom. The van der Waals surface area contributed by atoms with Crippen LogP contribution in [-0.2, 0) is 0 Å². The smallest absolute Gasteiger partial charge is 0.115 e. The number of benzene rings is 1. The Morgan fingerprint density at radius 1 is 1.05 bits per heavy atom. The van der Waals surface area contributed by atoms with Crippen LogP contribution in [0.15, 0.2) is 48.1 Å². The zero-order valence-electron chi connectivity index (χ0n) is 12.5. The molecule has 0 saturated carbocycles. The molecule has 1 aromatic carbocycles. The van der Waals surface area contributed by atoms with Gasteiger partial charge in [-0.15, -0.1) is 0 Å². The Morgan fingerprint density at radius 3 is 2.45 bits per heavy atom. The van der Waals surface area contributed by atoms with E-state index in [0.29, 0.717) is 11.7 Å². The summed E-state index contributed by atoms with van der Waals surface area (Å²) in [5, 5.41) is 9.33. The van der Waals surface area contributed by atoms with Crippen LogP contribution in [-0.4, -0.2) is 5.11 Å². The van der Waals surface area contributed by atoms with Crippen LogP contribution < -0.4 is 0 Å². The minimum Gasteiger partial charge on any atom is -0.508 e. The maximum atomic E-state index is 9.33. The molecule has 2 rings (SSSR count). The van der Waals surface area contributed by atoms with E-state index in [-0.39, 0.29) is 0 Å². The number of rotatable bonds is 7. The van der Waals surface area contributed by atoms with Crippen LogP contribution in [0.2, 0.25) is 0 Å². The van der Waals surface area contributed by atoms with Gasteiger partial charge in [0.15, 0.2) is 0 Å². The fourth-order valence-corrected chi connectivity index (χ4v) is 2.75. The molecule has 0 saturated heterocycles. The van der Waals surface area contributed by atoms with Gasteiger partial charge in [-0.3, -0.25) is 0 Å². The van der Waals surface area contributed by atoms with Crippen LogP contribution in [0.25, 0.3) is 0 Å². The highest BCUT2D eigenvalue weighted by atomic mass is 16.3. The molecule has 0 amide bonds. The number of hydrogen-bond donors (Lipinski definition) is 1. The highest BCUT2D eigenvalue weighted by molar-refractivity contribution is 5.35. The molecule has 1 heteroatoms. The second-order valence-electron chi connectivity index (χ2n) is 5.74. The first-order valence-corrected chi connectivity index (χ1v) is 7.95. The fraction of sp³-hybridized carbons (Fsp3) is 0.474. The lowest BCUT2D eigenvalue weighted by Crippen LogP contribution is -1.98. The first-order chi connectivity index (χ1) is 9.79. The third kappa shape index (κ3) is 4.56. The van der Waals surface area contributed by atoms with Crippen LogP contribution in [0.4, 0.5) is 0 Å². The number of unbranched alkanes of at least 4 members (excludes halogenated alkanes) is 4. The molecule has 108 valence electrons. The third-order valence-corrected chi connectivity index (χ3v) is 4.07. The quantitative estimate of drug-likeness (QED) is 0.628. The molecule has 1 aromatic rings. The summed E-state index contributed by atoms with van der Waals surface area (Å²) in [6, 6.07) is 7.59. The monoisotopic (exact) mass is 270 g/mol. The van der Waals surface area contributed by atoms with Gasteiger partial charge in [-0.1, -0.05) is 68.5 Å². The van der Waals surface area contributed by atoms with Gasteiger partial charge in [0.2, 0.25) is 0 Å². The molecule has 1 N–H and O–H groups in total. The number of phenols is 1. The normalized spacial score (nSPS) is 18.1. The summed E-state index contributed by atoms with van der Waals surface area (Å²) in [4.78, 5) is 0. The zero-order valence-corrected chi connectivity index (χ0v) is 12.5. The number of hydrogen-bond acceptors (Lipinski definition) is 1. The molecule has 1 aliphatic rings. The first kappa shape index (κ1) is 14.9. The average molecular weight is 270 g/mol. The van der Waals surface area contributed by atoms with Crippen LogP contribution >= 0.6 is 0 Å². The molecular formula is C19H26O. The van der Waals surface area contributed by atoms with Gasteiger partial charge in [0.25, 0.3) is 0 Å². The van der Waals surface area contributed by atoms with Gasteiger partial charge in [0.1, 0.15) is 5.75 Å². The second kappa shape index (κ2) is 7.94. The van der Waals surface area contributed by atoms with Crippen molar-refractivity contribution in [3.05, 3.63) is 53.6 Å². The Labute approximate surface area is 123 Å². The van der Waals surface area contributed by atoms with Gasteiger partial charge in [0, 0.05) is 5.92 Å². The minimum atomic E-state index is 0.344. The molecule has 20 heavy (non-hydrogen) atoms. The van der Waals surface area contributed by atoms with Crippen molar-refractivity contribution >= 4 is 0 Å². The maximum absolute atomic E-state index is 9.33. The summed E-state index contributed by atoms with van der Waals surface area (Å²) in [7, 11) is 0. The Bertz CT molecular complexity index is 453. The van der Waals surface area contributed by atoms with E-state index >= 15 is 0 Å². The molecule has 0 fully saturated rings. The van der Waals surface area contributed by atoms with Crippen molar-refractivity contribution in [3.8, 4) is 5.75 Å². The molecule has 0 bridgehead atoms. The average Bonchev–Trinajstić information content (AvgIpc) is 2.49. The molecule has 0 aliphatic heterocycles. The lowest BCUT2D eigenvalue weighted by Gasteiger charge is -2.16. The molecule has 0 aromatic heterocycles. The van der Waals surface area contributed by atoms with Gasteiger partial charge in [-0.05, 0) is 37.0 Å². The SMILES string of the molecule is CCCCCCCC1=CCC(c2ccc(O)cc2)C=C1. The maximum Gasteiger partial charge on any atom is 0.115 e. The lowest BCUT2D eigenvalue weighted by atomic mass is 9.89. The molecule has 1 unspecified atom stereocenters. The van der Waals surface area contributed by atoms with E-state index in [0.717, 1.165) is 6.42 Å². The van der Waals surface area contributed by atoms with Gasteiger partial charge in [0.05, 0.1) is 0 Å². The van der Waals surface area contributed by atoms with Crippen LogP contribution in [0.3, 0.4) is 0 Å². The predicted molar refractivity (Wildman–Crippen MR) is 86.1 cm³/mol. The van der Waals surface area contributed by atoms with Crippen molar-refractivity contribution in [2.75, 3.05) is 0 Å². The molecule has 0 spiro atoms. The van der Waals surface area contributed by atoms with E-state index in [1.165, 1.54) is 49.7 Å². The molecule has 0 heterocycles. The van der Waals surface area contributed by atoms with Gasteiger partial charge < -0.3 is 5.11 Å². The fourth-order valence-electron chi connectivity index (χ4n) is 2.75. The van der Waals surface area contributed by atoms with Crippen molar-refractivity contribution in [2.45, 2.75) is 57.8 Å². The molecular weight excluding hydrogens is 244 g/mol. The summed E-state index contributed by atoms with van der Waals surface area (Å²) in [5.74, 6) is 0.816. The number of aromatic hydroxyl groups is 1. The third-order valence-electron chi connectivity index (χ3n) is 4.07. The van der Waals surface area contributed by atoms with Gasteiger partial charge in [-0.2, -0.15) is 0 Å². The van der Waals surface area contributed by atoms with Gasteiger partial charge >= 0.3 is 0 Å². The van der Waals surface area contributed by atoms with Crippen molar-refractivity contribution in [3.63, 3.8) is 0 Å². The van der Waals surface area contributed by atoms with Crippen molar-refractivity contribution in [1.82, 2.24) is 0 Å². The van der Waals surface area contributed by atoms with E-state index in [1.807, 2.05) is 12.1 Å². The standard InChI is InChI=1S/C19H26O/c1-2-3-4-5-6-7-16-8-10-17(11-9-16)18-12-14-19(20)15-13-18/h8-10,12-15,17,20H,2-7,11H2,1H3. The minimum absolute atomic E-state index is 0.344.